The largest absolute Gasteiger partial charge is 0.451 e. The first kappa shape index (κ1) is 22.2. The maximum absolute atomic E-state index is 13.6. The van der Waals surface area contributed by atoms with Crippen LogP contribution in [0.2, 0.25) is 5.02 Å². The monoisotopic (exact) mass is 477 g/mol. The lowest BCUT2D eigenvalue weighted by molar-refractivity contribution is 0.0665. The topological polar surface area (TPSA) is 67.6 Å². The van der Waals surface area contributed by atoms with Crippen LogP contribution < -0.4 is 0 Å². The van der Waals surface area contributed by atoms with Crippen molar-refractivity contribution in [2.24, 2.45) is 0 Å². The van der Waals surface area contributed by atoms with Crippen LogP contribution in [0.25, 0.3) is 11.0 Å². The van der Waals surface area contributed by atoms with E-state index >= 15 is 0 Å². The van der Waals surface area contributed by atoms with Gasteiger partial charge in [-0.1, -0.05) is 36.7 Å². The second-order valence-electron chi connectivity index (χ2n) is 7.70. The number of benzene rings is 2. The van der Waals surface area contributed by atoms with Gasteiger partial charge in [0.05, 0.1) is 11.5 Å². The van der Waals surface area contributed by atoms with Gasteiger partial charge in [0.2, 0.25) is 0 Å². The summed E-state index contributed by atoms with van der Waals surface area (Å²) in [7, 11) is -3.10. The predicted molar refractivity (Wildman–Crippen MR) is 126 cm³/mol. The summed E-state index contributed by atoms with van der Waals surface area (Å²) < 4.78 is 30.1. The summed E-state index contributed by atoms with van der Waals surface area (Å²) in [5.41, 5.74) is 1.50. The van der Waals surface area contributed by atoms with Crippen molar-refractivity contribution in [3.63, 3.8) is 0 Å². The molecule has 1 amide bonds. The Morgan fingerprint density at radius 2 is 1.94 bits per heavy atom. The molecule has 4 rings (SSSR count). The summed E-state index contributed by atoms with van der Waals surface area (Å²) in [6.07, 6.45) is 1.22. The Kier molecular flexibility index (Phi) is 6.65. The van der Waals surface area contributed by atoms with Crippen LogP contribution in [0, 0.1) is 0 Å². The molecular weight excluding hydrogens is 454 g/mol. The van der Waals surface area contributed by atoms with Gasteiger partial charge in [0, 0.05) is 39.2 Å². The molecule has 1 saturated heterocycles. The maximum Gasteiger partial charge on any atom is 0.290 e. The zero-order valence-electron chi connectivity index (χ0n) is 17.2. The van der Waals surface area contributed by atoms with Gasteiger partial charge in [-0.05, 0) is 43.2 Å². The van der Waals surface area contributed by atoms with Crippen LogP contribution in [0.5, 0.6) is 0 Å². The van der Waals surface area contributed by atoms with E-state index in [1.807, 2.05) is 55.5 Å². The molecule has 0 N–H and O–H groups in total. The van der Waals surface area contributed by atoms with Crippen LogP contribution in [0.1, 0.15) is 35.9 Å². The highest BCUT2D eigenvalue weighted by atomic mass is 35.5. The minimum absolute atomic E-state index is 0.0217. The minimum atomic E-state index is -3.10. The summed E-state index contributed by atoms with van der Waals surface area (Å²) in [5.74, 6) is 0.786. The van der Waals surface area contributed by atoms with Crippen molar-refractivity contribution in [2.45, 2.75) is 36.5 Å². The molecule has 0 aliphatic carbocycles. The number of halogens is 1. The number of fused-ring (bicyclic) bond motifs is 1. The van der Waals surface area contributed by atoms with E-state index in [-0.39, 0.29) is 23.5 Å². The number of nitrogens with zero attached hydrogens (tertiary/aromatic N) is 1. The molecule has 1 fully saturated rings. The van der Waals surface area contributed by atoms with E-state index in [1.54, 1.807) is 16.7 Å². The number of furan rings is 1. The summed E-state index contributed by atoms with van der Waals surface area (Å²) in [6.45, 7) is 2.49. The number of hydrogen-bond donors (Lipinski definition) is 0. The van der Waals surface area contributed by atoms with Gasteiger partial charge in [-0.25, -0.2) is 8.42 Å². The van der Waals surface area contributed by atoms with Gasteiger partial charge in [-0.15, -0.1) is 11.8 Å². The van der Waals surface area contributed by atoms with Crippen molar-refractivity contribution in [1.82, 2.24) is 4.90 Å². The van der Waals surface area contributed by atoms with Gasteiger partial charge in [0.15, 0.2) is 15.6 Å². The molecule has 1 atom stereocenters. The van der Waals surface area contributed by atoms with E-state index in [1.165, 1.54) is 0 Å². The lowest BCUT2D eigenvalue weighted by Gasteiger charge is -2.27. The van der Waals surface area contributed by atoms with E-state index in [0.29, 0.717) is 35.1 Å². The second kappa shape index (κ2) is 9.27. The van der Waals surface area contributed by atoms with E-state index in [0.717, 1.165) is 22.3 Å². The Bertz CT molecular complexity index is 1190. The smallest absolute Gasteiger partial charge is 0.290 e. The molecule has 1 aromatic heterocycles. The van der Waals surface area contributed by atoms with Crippen molar-refractivity contribution in [3.05, 3.63) is 64.9 Å². The Morgan fingerprint density at radius 3 is 2.61 bits per heavy atom. The summed E-state index contributed by atoms with van der Waals surface area (Å²) in [6, 6.07) is 14.9. The van der Waals surface area contributed by atoms with Gasteiger partial charge in [0.1, 0.15) is 5.58 Å². The number of rotatable bonds is 7. The summed E-state index contributed by atoms with van der Waals surface area (Å²) in [5, 5.41) is 1.58. The Labute approximate surface area is 191 Å². The summed E-state index contributed by atoms with van der Waals surface area (Å²) in [4.78, 5) is 16.3. The highest BCUT2D eigenvalue weighted by Crippen LogP contribution is 2.34. The van der Waals surface area contributed by atoms with E-state index in [4.69, 9.17) is 16.0 Å². The maximum atomic E-state index is 13.6. The standard InChI is InChI=1S/C23H24ClNO4S2/c1-2-12-25(17-11-13-31(27,28)15-17)23(26)22-20(19-5-3-4-6-21(19)29-22)14-30-18-9-7-16(24)8-10-18/h3-10,17H,2,11-15H2,1H3. The normalized spacial score (nSPS) is 17.8. The van der Waals surface area contributed by atoms with Crippen LogP contribution >= 0.6 is 23.4 Å². The SMILES string of the molecule is CCCN(C(=O)c1oc2ccccc2c1CSc1ccc(Cl)cc1)C1CCS(=O)(=O)C1. The van der Waals surface area contributed by atoms with E-state index in [2.05, 4.69) is 0 Å². The molecule has 1 aliphatic rings. The van der Waals surface area contributed by atoms with Crippen LogP contribution in [-0.2, 0) is 15.6 Å². The summed E-state index contributed by atoms with van der Waals surface area (Å²) >= 11 is 7.59. The molecule has 0 saturated carbocycles. The first-order valence-corrected chi connectivity index (χ1v) is 13.5. The predicted octanol–water partition coefficient (Wildman–Crippen LogP) is 5.42. The van der Waals surface area contributed by atoms with Gasteiger partial charge < -0.3 is 9.32 Å². The van der Waals surface area contributed by atoms with Crippen molar-refractivity contribution < 1.29 is 17.6 Å². The quantitative estimate of drug-likeness (QED) is 0.425. The molecular formula is C23H24ClNO4S2. The number of para-hydroxylation sites is 1. The van der Waals surface area contributed by atoms with Gasteiger partial charge >= 0.3 is 0 Å². The lowest BCUT2D eigenvalue weighted by Crippen LogP contribution is -2.41. The number of carbonyl (C=O) groups excluding carboxylic acids is 1. The zero-order valence-corrected chi connectivity index (χ0v) is 19.6. The van der Waals surface area contributed by atoms with E-state index < -0.39 is 9.84 Å². The van der Waals surface area contributed by atoms with Crippen molar-refractivity contribution >= 4 is 50.1 Å². The Balaban J connectivity index is 1.67. The number of sulfone groups is 1. The first-order valence-electron chi connectivity index (χ1n) is 10.3. The fraction of sp³-hybridized carbons (Fsp3) is 0.348. The van der Waals surface area contributed by atoms with Crippen LogP contribution in [0.4, 0.5) is 0 Å². The molecule has 2 aromatic carbocycles. The molecule has 0 spiro atoms. The molecule has 1 aliphatic heterocycles. The number of thioether (sulfide) groups is 1. The molecule has 31 heavy (non-hydrogen) atoms. The van der Waals surface area contributed by atoms with Crippen LogP contribution in [0.3, 0.4) is 0 Å². The Hall–Kier alpha value is -1.96. The van der Waals surface area contributed by atoms with Crippen molar-refractivity contribution in [3.8, 4) is 0 Å². The lowest BCUT2D eigenvalue weighted by atomic mass is 10.1. The average molecular weight is 478 g/mol. The molecule has 3 aromatic rings. The second-order valence-corrected chi connectivity index (χ2v) is 11.4. The first-order chi connectivity index (χ1) is 14.9. The average Bonchev–Trinajstić information content (AvgIpc) is 3.31. The van der Waals surface area contributed by atoms with Gasteiger partial charge in [-0.2, -0.15) is 0 Å². The molecule has 2 heterocycles. The number of amides is 1. The fourth-order valence-electron chi connectivity index (χ4n) is 3.94. The highest BCUT2D eigenvalue weighted by Gasteiger charge is 2.36. The third-order valence-electron chi connectivity index (χ3n) is 5.46. The molecule has 164 valence electrons. The third kappa shape index (κ3) is 4.94. The van der Waals surface area contributed by atoms with Crippen molar-refractivity contribution in [2.75, 3.05) is 18.1 Å². The number of carbonyl (C=O) groups is 1. The molecule has 8 heteroatoms. The van der Waals surface area contributed by atoms with Crippen LogP contribution in [0.15, 0.2) is 57.8 Å². The third-order valence-corrected chi connectivity index (χ3v) is 8.50. The van der Waals surface area contributed by atoms with E-state index in [9.17, 15) is 13.2 Å². The molecule has 5 nitrogen and oxygen atoms in total. The van der Waals surface area contributed by atoms with Crippen molar-refractivity contribution in [1.29, 1.82) is 0 Å². The minimum Gasteiger partial charge on any atom is -0.451 e. The molecule has 0 bridgehead atoms. The zero-order chi connectivity index (χ0) is 22.0. The fourth-order valence-corrected chi connectivity index (χ4v) is 6.73. The number of hydrogen-bond acceptors (Lipinski definition) is 5. The highest BCUT2D eigenvalue weighted by molar-refractivity contribution is 7.98. The van der Waals surface area contributed by atoms with Gasteiger partial charge in [0.25, 0.3) is 5.91 Å². The molecule has 0 radical (unpaired) electrons. The Morgan fingerprint density at radius 1 is 1.19 bits per heavy atom. The van der Waals surface area contributed by atoms with Crippen LogP contribution in [-0.4, -0.2) is 43.3 Å². The molecule has 1 unspecified atom stereocenters. The van der Waals surface area contributed by atoms with Gasteiger partial charge in [-0.3, -0.25) is 4.79 Å².